The zero-order chi connectivity index (χ0) is 12.5. The zero-order valence-electron chi connectivity index (χ0n) is 9.59. The van der Waals surface area contributed by atoms with Crippen molar-refractivity contribution in [2.24, 2.45) is 0 Å². The van der Waals surface area contributed by atoms with Crippen LogP contribution >= 0.6 is 0 Å². The second-order valence-electron chi connectivity index (χ2n) is 4.17. The van der Waals surface area contributed by atoms with Crippen molar-refractivity contribution in [3.05, 3.63) is 52.6 Å². The molecule has 0 fully saturated rings. The fourth-order valence-corrected chi connectivity index (χ4v) is 2.01. The predicted octanol–water partition coefficient (Wildman–Crippen LogP) is 0.935. The Morgan fingerprint density at radius 3 is 2.83 bits per heavy atom. The molecule has 0 unspecified atom stereocenters. The van der Waals surface area contributed by atoms with E-state index in [4.69, 9.17) is 0 Å². The molecule has 0 bridgehead atoms. The van der Waals surface area contributed by atoms with E-state index in [-0.39, 0.29) is 5.91 Å². The second-order valence-corrected chi connectivity index (χ2v) is 4.17. The minimum absolute atomic E-state index is 0.0282. The average molecular weight is 241 g/mol. The van der Waals surface area contributed by atoms with Crippen LogP contribution in [0.15, 0.2) is 41.3 Å². The van der Waals surface area contributed by atoms with Gasteiger partial charge in [-0.3, -0.25) is 4.79 Å². The van der Waals surface area contributed by atoms with Crippen LogP contribution in [0.4, 0.5) is 0 Å². The van der Waals surface area contributed by atoms with Gasteiger partial charge in [-0.15, -0.1) is 0 Å². The molecule has 1 aliphatic rings. The Kier molecular flexibility index (Phi) is 2.44. The van der Waals surface area contributed by atoms with Crippen LogP contribution < -0.4 is 5.69 Å². The Morgan fingerprint density at radius 2 is 2.06 bits per heavy atom. The summed E-state index contributed by atoms with van der Waals surface area (Å²) in [6.07, 6.45) is 5.43. The highest BCUT2D eigenvalue weighted by Gasteiger charge is 2.16. The number of hydrogen-bond acceptors (Lipinski definition) is 3. The van der Waals surface area contributed by atoms with Crippen LogP contribution in [0.25, 0.3) is 10.9 Å². The molecule has 1 aromatic carbocycles. The van der Waals surface area contributed by atoms with E-state index in [1.54, 1.807) is 23.1 Å². The van der Waals surface area contributed by atoms with Crippen molar-refractivity contribution < 1.29 is 4.79 Å². The second kappa shape index (κ2) is 4.10. The molecule has 5 nitrogen and oxygen atoms in total. The molecular weight excluding hydrogens is 230 g/mol. The molecule has 1 aliphatic heterocycles. The number of fused-ring (bicyclic) bond motifs is 1. The summed E-state index contributed by atoms with van der Waals surface area (Å²) in [5, 5.41) is 0.811. The maximum Gasteiger partial charge on any atom is 0.345 e. The Morgan fingerprint density at radius 1 is 1.28 bits per heavy atom. The minimum atomic E-state index is -0.407. The summed E-state index contributed by atoms with van der Waals surface area (Å²) in [5.74, 6) is -0.0282. The van der Waals surface area contributed by atoms with E-state index in [1.807, 2.05) is 12.2 Å². The third-order valence-electron chi connectivity index (χ3n) is 2.97. The maximum atomic E-state index is 12.2. The van der Waals surface area contributed by atoms with E-state index < -0.39 is 5.69 Å². The van der Waals surface area contributed by atoms with Gasteiger partial charge in [-0.2, -0.15) is 0 Å². The highest BCUT2D eigenvalue weighted by Crippen LogP contribution is 2.14. The lowest BCUT2D eigenvalue weighted by molar-refractivity contribution is 0.0800. The highest BCUT2D eigenvalue weighted by atomic mass is 16.2. The van der Waals surface area contributed by atoms with Crippen molar-refractivity contribution in [2.75, 3.05) is 13.1 Å². The summed E-state index contributed by atoms with van der Waals surface area (Å²) < 4.78 is 0. The molecule has 0 saturated carbocycles. The average Bonchev–Trinajstić information content (AvgIpc) is 2.90. The zero-order valence-corrected chi connectivity index (χ0v) is 9.59. The molecule has 2 heterocycles. The van der Waals surface area contributed by atoms with Crippen LogP contribution in [0.3, 0.4) is 0 Å². The van der Waals surface area contributed by atoms with Crippen molar-refractivity contribution in [3.63, 3.8) is 0 Å². The van der Waals surface area contributed by atoms with Crippen LogP contribution in [0, 0.1) is 0 Å². The van der Waals surface area contributed by atoms with E-state index in [0.29, 0.717) is 24.2 Å². The van der Waals surface area contributed by atoms with Gasteiger partial charge in [-0.25, -0.2) is 9.78 Å². The number of carbonyl (C=O) groups excluding carboxylic acids is 1. The van der Waals surface area contributed by atoms with Gasteiger partial charge in [0.25, 0.3) is 5.91 Å². The molecule has 0 saturated heterocycles. The third kappa shape index (κ3) is 1.79. The van der Waals surface area contributed by atoms with E-state index >= 15 is 0 Å². The normalized spacial score (nSPS) is 14.3. The number of benzene rings is 1. The van der Waals surface area contributed by atoms with Crippen molar-refractivity contribution in [3.8, 4) is 0 Å². The molecule has 0 spiro atoms. The largest absolute Gasteiger partial charge is 0.345 e. The topological polar surface area (TPSA) is 66.1 Å². The van der Waals surface area contributed by atoms with Gasteiger partial charge in [-0.05, 0) is 12.1 Å². The van der Waals surface area contributed by atoms with Crippen molar-refractivity contribution >= 4 is 16.8 Å². The molecule has 1 aromatic heterocycles. The van der Waals surface area contributed by atoms with Crippen LogP contribution in [0.5, 0.6) is 0 Å². The predicted molar refractivity (Wildman–Crippen MR) is 67.4 cm³/mol. The number of amides is 1. The molecule has 3 rings (SSSR count). The summed E-state index contributed by atoms with van der Waals surface area (Å²) in [6.45, 7) is 1.29. The van der Waals surface area contributed by atoms with Crippen molar-refractivity contribution in [1.29, 1.82) is 0 Å². The fraction of sp³-hybridized carbons (Fsp3) is 0.154. The first kappa shape index (κ1) is 10.7. The Balaban J connectivity index is 2.02. The van der Waals surface area contributed by atoms with Gasteiger partial charge in [0.05, 0.1) is 5.52 Å². The van der Waals surface area contributed by atoms with E-state index in [0.717, 1.165) is 5.39 Å². The molecule has 1 amide bonds. The van der Waals surface area contributed by atoms with Gasteiger partial charge in [0, 0.05) is 30.2 Å². The number of hydrogen-bond donors (Lipinski definition) is 1. The summed E-state index contributed by atoms with van der Waals surface area (Å²) in [5.41, 5.74) is 0.802. The van der Waals surface area contributed by atoms with Crippen molar-refractivity contribution in [2.45, 2.75) is 0 Å². The monoisotopic (exact) mass is 241 g/mol. The first-order valence-electron chi connectivity index (χ1n) is 5.67. The van der Waals surface area contributed by atoms with Gasteiger partial charge in [-0.1, -0.05) is 18.2 Å². The van der Waals surface area contributed by atoms with E-state index in [2.05, 4.69) is 9.97 Å². The maximum absolute atomic E-state index is 12.2. The molecule has 2 aromatic rings. The molecule has 0 aliphatic carbocycles. The molecule has 1 N–H and O–H groups in total. The summed E-state index contributed by atoms with van der Waals surface area (Å²) >= 11 is 0. The highest BCUT2D eigenvalue weighted by molar-refractivity contribution is 5.97. The number of nitrogens with zero attached hydrogens (tertiary/aromatic N) is 2. The number of aromatic nitrogens is 2. The van der Waals surface area contributed by atoms with E-state index in [9.17, 15) is 9.59 Å². The number of aromatic amines is 1. The Bertz CT molecular complexity index is 695. The van der Waals surface area contributed by atoms with Gasteiger partial charge < -0.3 is 9.88 Å². The van der Waals surface area contributed by atoms with Gasteiger partial charge in [0.2, 0.25) is 0 Å². The summed E-state index contributed by atoms with van der Waals surface area (Å²) in [6, 6.07) is 5.23. The first-order chi connectivity index (χ1) is 8.74. The molecule has 0 atom stereocenters. The van der Waals surface area contributed by atoms with Crippen LogP contribution in [-0.2, 0) is 0 Å². The molecular formula is C13H11N3O2. The number of nitrogens with one attached hydrogen (secondary N) is 1. The summed E-state index contributed by atoms with van der Waals surface area (Å²) in [4.78, 5) is 31.3. The van der Waals surface area contributed by atoms with E-state index in [1.165, 1.54) is 6.20 Å². The van der Waals surface area contributed by atoms with Crippen LogP contribution in [0.1, 0.15) is 10.4 Å². The molecule has 0 radical (unpaired) electrons. The number of rotatable bonds is 1. The van der Waals surface area contributed by atoms with Gasteiger partial charge in [0.15, 0.2) is 0 Å². The SMILES string of the molecule is O=C(c1ccc2cnc(=O)[nH]c2c1)N1CC=CC1. The quantitative estimate of drug-likeness (QED) is 0.755. The van der Waals surface area contributed by atoms with Crippen molar-refractivity contribution in [1.82, 2.24) is 14.9 Å². The number of carbonyl (C=O) groups is 1. The fourth-order valence-electron chi connectivity index (χ4n) is 2.01. The van der Waals surface area contributed by atoms with Crippen LogP contribution in [-0.4, -0.2) is 33.9 Å². The van der Waals surface area contributed by atoms with Gasteiger partial charge >= 0.3 is 5.69 Å². The number of H-pyrrole nitrogens is 1. The smallest absolute Gasteiger partial charge is 0.331 e. The molecule has 90 valence electrons. The Labute approximate surface area is 103 Å². The van der Waals surface area contributed by atoms with Gasteiger partial charge in [0.1, 0.15) is 0 Å². The lowest BCUT2D eigenvalue weighted by Crippen LogP contribution is -2.28. The lowest BCUT2D eigenvalue weighted by Gasteiger charge is -2.15. The summed E-state index contributed by atoms with van der Waals surface area (Å²) in [7, 11) is 0. The lowest BCUT2D eigenvalue weighted by atomic mass is 10.1. The molecule has 18 heavy (non-hydrogen) atoms. The standard InChI is InChI=1S/C13H11N3O2/c17-12(16-5-1-2-6-16)9-3-4-10-8-14-13(18)15-11(10)7-9/h1-4,7-8H,5-6H2,(H,14,15,18). The minimum Gasteiger partial charge on any atom is -0.331 e. The first-order valence-corrected chi connectivity index (χ1v) is 5.67. The van der Waals surface area contributed by atoms with Crippen LogP contribution in [0.2, 0.25) is 0 Å². The Hall–Kier alpha value is -2.43. The third-order valence-corrected chi connectivity index (χ3v) is 2.97. The molecule has 5 heteroatoms.